The van der Waals surface area contributed by atoms with Crippen LogP contribution in [0.2, 0.25) is 0 Å². The van der Waals surface area contributed by atoms with E-state index in [2.05, 4.69) is 28.1 Å². The van der Waals surface area contributed by atoms with Crippen LogP contribution in [0.5, 0.6) is 0 Å². The van der Waals surface area contributed by atoms with Crippen molar-refractivity contribution in [2.45, 2.75) is 19.3 Å². The van der Waals surface area contributed by atoms with Gasteiger partial charge in [-0.25, -0.2) is 0 Å². The maximum absolute atomic E-state index is 3.37. The van der Waals surface area contributed by atoms with Crippen LogP contribution >= 0.6 is 15.9 Å². The molecule has 0 bridgehead atoms. The second-order valence-electron chi connectivity index (χ2n) is 2.24. The van der Waals surface area contributed by atoms with Gasteiger partial charge in [-0.15, -0.1) is 0 Å². The maximum Gasteiger partial charge on any atom is 0.00659 e. The summed E-state index contributed by atoms with van der Waals surface area (Å²) in [5, 5.41) is 1.11. The summed E-state index contributed by atoms with van der Waals surface area (Å²) in [4.78, 5) is 0. The zero-order valence-electron chi connectivity index (χ0n) is 4.94. The molecule has 0 spiro atoms. The van der Waals surface area contributed by atoms with Crippen LogP contribution in [0.3, 0.4) is 0 Å². The van der Waals surface area contributed by atoms with Gasteiger partial charge in [0.15, 0.2) is 0 Å². The summed E-state index contributed by atoms with van der Waals surface area (Å²) in [5.41, 5.74) is 0. The summed E-state index contributed by atoms with van der Waals surface area (Å²) in [6, 6.07) is 0. The molecule has 1 heteroatoms. The summed E-state index contributed by atoms with van der Waals surface area (Å²) < 4.78 is 0. The summed E-state index contributed by atoms with van der Waals surface area (Å²) in [7, 11) is 0. The quantitative estimate of drug-likeness (QED) is 0.457. The molecular weight excluding hydrogens is 164 g/mol. The Kier molecular flexibility index (Phi) is 2.60. The summed E-state index contributed by atoms with van der Waals surface area (Å²) in [6.07, 6.45) is 8.65. The van der Waals surface area contributed by atoms with Crippen molar-refractivity contribution in [1.82, 2.24) is 0 Å². The van der Waals surface area contributed by atoms with Crippen LogP contribution in [0.25, 0.3) is 0 Å². The van der Waals surface area contributed by atoms with Gasteiger partial charge in [0.2, 0.25) is 0 Å². The fraction of sp³-hybridized carbons (Fsp3) is 0.714. The van der Waals surface area contributed by atoms with Crippen molar-refractivity contribution in [3.8, 4) is 0 Å². The Morgan fingerprint density at radius 3 is 2.75 bits per heavy atom. The predicted molar refractivity (Wildman–Crippen MR) is 40.3 cm³/mol. The van der Waals surface area contributed by atoms with Gasteiger partial charge in [-0.2, -0.15) is 0 Å². The van der Waals surface area contributed by atoms with Crippen LogP contribution < -0.4 is 0 Å². The minimum atomic E-state index is 0.953. The van der Waals surface area contributed by atoms with E-state index in [0.717, 1.165) is 11.2 Å². The number of hydrogen-bond acceptors (Lipinski definition) is 0. The van der Waals surface area contributed by atoms with Crippen molar-refractivity contribution in [2.75, 3.05) is 5.33 Å². The molecule has 0 N–H and O–H groups in total. The molecule has 1 rings (SSSR count). The molecule has 1 aliphatic carbocycles. The van der Waals surface area contributed by atoms with E-state index in [9.17, 15) is 0 Å². The molecule has 0 aliphatic heterocycles. The number of halogens is 1. The summed E-state index contributed by atoms with van der Waals surface area (Å²) >= 11 is 3.37. The first-order valence-electron chi connectivity index (χ1n) is 3.16. The van der Waals surface area contributed by atoms with E-state index in [4.69, 9.17) is 0 Å². The molecule has 0 radical (unpaired) electrons. The second-order valence-corrected chi connectivity index (χ2v) is 3.04. The van der Waals surface area contributed by atoms with E-state index < -0.39 is 0 Å². The topological polar surface area (TPSA) is 0 Å². The van der Waals surface area contributed by atoms with Crippen LogP contribution in [0, 0.1) is 5.92 Å². The van der Waals surface area contributed by atoms with Crippen LogP contribution in [-0.4, -0.2) is 5.33 Å². The SMILES string of the molecule is BrCC/C=C/C1CC1. The standard InChI is InChI=1S/C7H11Br/c8-6-2-1-3-7-4-5-7/h1,3,7H,2,4-6H2/b3-1+. The summed E-state index contributed by atoms with van der Waals surface area (Å²) in [5.74, 6) is 0.953. The lowest BCUT2D eigenvalue weighted by Crippen LogP contribution is -1.66. The van der Waals surface area contributed by atoms with Gasteiger partial charge in [-0.05, 0) is 25.2 Å². The average molecular weight is 175 g/mol. The maximum atomic E-state index is 3.37. The van der Waals surface area contributed by atoms with E-state index in [0.29, 0.717) is 0 Å². The number of rotatable bonds is 3. The van der Waals surface area contributed by atoms with Gasteiger partial charge < -0.3 is 0 Å². The third kappa shape index (κ3) is 2.51. The molecule has 46 valence electrons. The van der Waals surface area contributed by atoms with Crippen molar-refractivity contribution in [2.24, 2.45) is 5.92 Å². The minimum absolute atomic E-state index is 0.953. The first-order chi connectivity index (χ1) is 3.93. The normalized spacial score (nSPS) is 20.1. The molecule has 0 amide bonds. The third-order valence-corrected chi connectivity index (χ3v) is 1.76. The largest absolute Gasteiger partial charge is 0.0925 e. The number of alkyl halides is 1. The molecule has 0 nitrogen and oxygen atoms in total. The Hall–Kier alpha value is 0.220. The highest BCUT2D eigenvalue weighted by molar-refractivity contribution is 9.09. The Bertz CT molecular complexity index is 82.4. The Balaban J connectivity index is 1.96. The molecule has 1 aliphatic rings. The van der Waals surface area contributed by atoms with Crippen molar-refractivity contribution < 1.29 is 0 Å². The summed E-state index contributed by atoms with van der Waals surface area (Å²) in [6.45, 7) is 0. The molecule has 1 saturated carbocycles. The van der Waals surface area contributed by atoms with Crippen LogP contribution in [0.4, 0.5) is 0 Å². The predicted octanol–water partition coefficient (Wildman–Crippen LogP) is 2.74. The zero-order valence-corrected chi connectivity index (χ0v) is 6.52. The monoisotopic (exact) mass is 174 g/mol. The smallest absolute Gasteiger partial charge is 0.00659 e. The number of allylic oxidation sites excluding steroid dienone is 2. The lowest BCUT2D eigenvalue weighted by Gasteiger charge is -1.80. The van der Waals surface area contributed by atoms with Crippen LogP contribution in [-0.2, 0) is 0 Å². The highest BCUT2D eigenvalue weighted by Crippen LogP contribution is 2.30. The molecule has 0 unspecified atom stereocenters. The minimum Gasteiger partial charge on any atom is -0.0925 e. The molecule has 0 aromatic rings. The van der Waals surface area contributed by atoms with Gasteiger partial charge in [0.05, 0.1) is 0 Å². The van der Waals surface area contributed by atoms with Crippen molar-refractivity contribution in [3.63, 3.8) is 0 Å². The molecule has 0 saturated heterocycles. The van der Waals surface area contributed by atoms with E-state index in [-0.39, 0.29) is 0 Å². The number of hydrogen-bond donors (Lipinski definition) is 0. The zero-order chi connectivity index (χ0) is 5.82. The fourth-order valence-electron chi connectivity index (χ4n) is 0.640. The average Bonchev–Trinajstić information content (AvgIpc) is 2.51. The Labute approximate surface area is 59.1 Å². The van der Waals surface area contributed by atoms with Gasteiger partial charge >= 0.3 is 0 Å². The van der Waals surface area contributed by atoms with Gasteiger partial charge in [-0.1, -0.05) is 28.1 Å². The van der Waals surface area contributed by atoms with Crippen LogP contribution in [0.1, 0.15) is 19.3 Å². The molecule has 0 atom stereocenters. The van der Waals surface area contributed by atoms with E-state index in [1.807, 2.05) is 0 Å². The molecule has 0 aromatic carbocycles. The molecule has 1 fully saturated rings. The van der Waals surface area contributed by atoms with Crippen molar-refractivity contribution in [1.29, 1.82) is 0 Å². The fourth-order valence-corrected chi connectivity index (χ4v) is 0.905. The first-order valence-corrected chi connectivity index (χ1v) is 4.28. The van der Waals surface area contributed by atoms with Gasteiger partial charge in [0.1, 0.15) is 0 Å². The molecule has 0 heterocycles. The van der Waals surface area contributed by atoms with E-state index >= 15 is 0 Å². The Morgan fingerprint density at radius 2 is 2.25 bits per heavy atom. The van der Waals surface area contributed by atoms with Gasteiger partial charge in [-0.3, -0.25) is 0 Å². The lowest BCUT2D eigenvalue weighted by molar-refractivity contribution is 1.09. The van der Waals surface area contributed by atoms with Crippen molar-refractivity contribution in [3.05, 3.63) is 12.2 Å². The highest BCUT2D eigenvalue weighted by atomic mass is 79.9. The highest BCUT2D eigenvalue weighted by Gasteiger charge is 2.16. The molecular formula is C7H11Br. The Morgan fingerprint density at radius 1 is 1.50 bits per heavy atom. The van der Waals surface area contributed by atoms with Crippen molar-refractivity contribution >= 4 is 15.9 Å². The lowest BCUT2D eigenvalue weighted by atomic mass is 10.3. The van der Waals surface area contributed by atoms with E-state index in [1.54, 1.807) is 0 Å². The molecule has 8 heavy (non-hydrogen) atoms. The van der Waals surface area contributed by atoms with Crippen LogP contribution in [0.15, 0.2) is 12.2 Å². The van der Waals surface area contributed by atoms with E-state index in [1.165, 1.54) is 19.3 Å². The first kappa shape index (κ1) is 6.34. The molecule has 0 aromatic heterocycles. The van der Waals surface area contributed by atoms with Gasteiger partial charge in [0, 0.05) is 5.33 Å². The second kappa shape index (κ2) is 3.29. The van der Waals surface area contributed by atoms with Gasteiger partial charge in [0.25, 0.3) is 0 Å². The third-order valence-electron chi connectivity index (χ3n) is 1.31.